The molecule has 1 heterocycles. The molecule has 154 valence electrons. The Morgan fingerprint density at radius 3 is 2.45 bits per heavy atom. The molecule has 1 amide bonds. The Labute approximate surface area is 170 Å². The number of anilines is 3. The van der Waals surface area contributed by atoms with Gasteiger partial charge in [0.1, 0.15) is 17.5 Å². The number of nitro groups is 1. The van der Waals surface area contributed by atoms with E-state index >= 15 is 0 Å². The molecule has 1 aliphatic heterocycles. The molecule has 2 N–H and O–H groups in total. The van der Waals surface area contributed by atoms with E-state index in [9.17, 15) is 14.9 Å². The second kappa shape index (κ2) is 9.27. The molecular weight excluding hydrogens is 372 g/mol. The van der Waals surface area contributed by atoms with E-state index in [0.717, 1.165) is 18.8 Å². The number of carbonyl (C=O) groups is 1. The molecule has 0 unspecified atom stereocenters. The van der Waals surface area contributed by atoms with Gasteiger partial charge in [0.15, 0.2) is 0 Å². The van der Waals surface area contributed by atoms with Gasteiger partial charge in [-0.1, -0.05) is 0 Å². The zero-order chi connectivity index (χ0) is 20.8. The van der Waals surface area contributed by atoms with Crippen LogP contribution in [0.3, 0.4) is 0 Å². The maximum Gasteiger partial charge on any atom is 0.296 e. The quantitative estimate of drug-likeness (QED) is 0.540. The number of rotatable bonds is 7. The second-order valence-corrected chi connectivity index (χ2v) is 7.09. The first-order chi connectivity index (χ1) is 14.0. The van der Waals surface area contributed by atoms with Crippen molar-refractivity contribution >= 4 is 28.7 Å². The fourth-order valence-corrected chi connectivity index (χ4v) is 3.37. The van der Waals surface area contributed by atoms with Crippen LogP contribution in [0.2, 0.25) is 0 Å². The van der Waals surface area contributed by atoms with E-state index in [1.54, 1.807) is 13.0 Å². The van der Waals surface area contributed by atoms with E-state index in [0.29, 0.717) is 5.75 Å². The summed E-state index contributed by atoms with van der Waals surface area (Å²) in [6.45, 7) is 3.86. The first kappa shape index (κ1) is 20.4. The molecule has 0 spiro atoms. The van der Waals surface area contributed by atoms with Gasteiger partial charge in [0.25, 0.3) is 5.69 Å². The average molecular weight is 398 g/mol. The molecule has 29 heavy (non-hydrogen) atoms. The first-order valence-corrected chi connectivity index (χ1v) is 9.73. The number of ether oxygens (including phenoxy) is 1. The molecule has 8 heteroatoms. The zero-order valence-corrected chi connectivity index (χ0v) is 16.7. The lowest BCUT2D eigenvalue weighted by atomic mass is 10.1. The summed E-state index contributed by atoms with van der Waals surface area (Å²) in [6.07, 6.45) is 3.72. The van der Waals surface area contributed by atoms with Gasteiger partial charge in [-0.2, -0.15) is 0 Å². The average Bonchev–Trinajstić information content (AvgIpc) is 2.75. The summed E-state index contributed by atoms with van der Waals surface area (Å²) in [5.74, 6) is -0.00644. The Kier molecular flexibility index (Phi) is 6.54. The smallest absolute Gasteiger partial charge is 0.296 e. The van der Waals surface area contributed by atoms with E-state index in [1.807, 2.05) is 24.3 Å². The van der Waals surface area contributed by atoms with Crippen molar-refractivity contribution in [1.29, 1.82) is 0 Å². The van der Waals surface area contributed by atoms with Crippen molar-refractivity contribution in [1.82, 2.24) is 0 Å². The number of benzene rings is 2. The number of hydrogen-bond donors (Lipinski definition) is 2. The summed E-state index contributed by atoms with van der Waals surface area (Å²) in [6, 6.07) is 11.7. The van der Waals surface area contributed by atoms with E-state index in [1.165, 1.54) is 44.2 Å². The van der Waals surface area contributed by atoms with E-state index in [4.69, 9.17) is 4.74 Å². The lowest BCUT2D eigenvalue weighted by Crippen LogP contribution is -2.32. The molecule has 1 fully saturated rings. The van der Waals surface area contributed by atoms with E-state index in [-0.39, 0.29) is 17.3 Å². The SMILES string of the molecule is COc1ccc(NC(=O)[C@H](C)Nc2ccc(N3CCCCC3)cc2)c([N+](=O)[O-])c1. The molecule has 0 saturated carbocycles. The van der Waals surface area contributed by atoms with Crippen LogP contribution in [0.15, 0.2) is 42.5 Å². The van der Waals surface area contributed by atoms with Crippen LogP contribution in [0.1, 0.15) is 26.2 Å². The Morgan fingerprint density at radius 2 is 1.83 bits per heavy atom. The molecule has 0 bridgehead atoms. The second-order valence-electron chi connectivity index (χ2n) is 7.09. The van der Waals surface area contributed by atoms with Crippen LogP contribution in [0.5, 0.6) is 5.75 Å². The van der Waals surface area contributed by atoms with Gasteiger partial charge in [-0.25, -0.2) is 0 Å². The van der Waals surface area contributed by atoms with Gasteiger partial charge in [-0.15, -0.1) is 0 Å². The topological polar surface area (TPSA) is 96.7 Å². The van der Waals surface area contributed by atoms with Crippen molar-refractivity contribution in [2.24, 2.45) is 0 Å². The van der Waals surface area contributed by atoms with Crippen molar-refractivity contribution in [2.75, 3.05) is 35.7 Å². The largest absolute Gasteiger partial charge is 0.496 e. The normalized spacial score (nSPS) is 14.8. The van der Waals surface area contributed by atoms with Gasteiger partial charge in [0.2, 0.25) is 5.91 Å². The van der Waals surface area contributed by atoms with Crippen molar-refractivity contribution < 1.29 is 14.5 Å². The summed E-state index contributed by atoms with van der Waals surface area (Å²) < 4.78 is 5.01. The van der Waals surface area contributed by atoms with Gasteiger partial charge < -0.3 is 20.3 Å². The maximum absolute atomic E-state index is 12.5. The molecule has 2 aromatic rings. The number of piperidine rings is 1. The first-order valence-electron chi connectivity index (χ1n) is 9.73. The third kappa shape index (κ3) is 5.16. The molecule has 1 saturated heterocycles. The Morgan fingerprint density at radius 1 is 1.14 bits per heavy atom. The van der Waals surface area contributed by atoms with Crippen LogP contribution >= 0.6 is 0 Å². The number of hydrogen-bond acceptors (Lipinski definition) is 6. The summed E-state index contributed by atoms with van der Waals surface area (Å²) in [5.41, 5.74) is 1.92. The Bertz CT molecular complexity index is 863. The number of carbonyl (C=O) groups excluding carboxylic acids is 1. The highest BCUT2D eigenvalue weighted by Gasteiger charge is 2.20. The van der Waals surface area contributed by atoms with E-state index in [2.05, 4.69) is 15.5 Å². The number of nitrogens with zero attached hydrogens (tertiary/aromatic N) is 2. The molecule has 8 nitrogen and oxygen atoms in total. The number of nitro benzene ring substituents is 1. The molecule has 0 aliphatic carbocycles. The third-order valence-corrected chi connectivity index (χ3v) is 5.02. The van der Waals surface area contributed by atoms with E-state index < -0.39 is 11.0 Å². The molecule has 0 radical (unpaired) electrons. The fourth-order valence-electron chi connectivity index (χ4n) is 3.37. The minimum absolute atomic E-state index is 0.134. The zero-order valence-electron chi connectivity index (χ0n) is 16.7. The van der Waals surface area contributed by atoms with Crippen LogP contribution in [0.25, 0.3) is 0 Å². The van der Waals surface area contributed by atoms with Crippen molar-refractivity contribution in [2.45, 2.75) is 32.2 Å². The summed E-state index contributed by atoms with van der Waals surface area (Å²) in [5, 5.41) is 17.0. The van der Waals surface area contributed by atoms with Gasteiger partial charge in [-0.05, 0) is 62.6 Å². The van der Waals surface area contributed by atoms with Gasteiger partial charge in [0, 0.05) is 24.5 Å². The summed E-state index contributed by atoms with van der Waals surface area (Å²) >= 11 is 0. The maximum atomic E-state index is 12.5. The van der Waals surface area contributed by atoms with Crippen molar-refractivity contribution in [3.63, 3.8) is 0 Å². The predicted octanol–water partition coefficient (Wildman–Crippen LogP) is 4.03. The highest BCUT2D eigenvalue weighted by atomic mass is 16.6. The number of methoxy groups -OCH3 is 1. The fraction of sp³-hybridized carbons (Fsp3) is 0.381. The van der Waals surface area contributed by atoms with Crippen LogP contribution in [-0.2, 0) is 4.79 Å². The minimum Gasteiger partial charge on any atom is -0.496 e. The molecular formula is C21H26N4O4. The Hall–Kier alpha value is -3.29. The lowest BCUT2D eigenvalue weighted by molar-refractivity contribution is -0.384. The van der Waals surface area contributed by atoms with Crippen LogP contribution in [0, 0.1) is 10.1 Å². The Balaban J connectivity index is 1.63. The van der Waals surface area contributed by atoms with Crippen molar-refractivity contribution in [3.8, 4) is 5.75 Å². The third-order valence-electron chi connectivity index (χ3n) is 5.02. The van der Waals surface area contributed by atoms with Gasteiger partial charge >= 0.3 is 0 Å². The predicted molar refractivity (Wildman–Crippen MR) is 114 cm³/mol. The molecule has 2 aromatic carbocycles. The highest BCUT2D eigenvalue weighted by molar-refractivity contribution is 5.98. The molecule has 0 aromatic heterocycles. The van der Waals surface area contributed by atoms with Crippen LogP contribution in [0.4, 0.5) is 22.7 Å². The van der Waals surface area contributed by atoms with Crippen molar-refractivity contribution in [3.05, 3.63) is 52.6 Å². The van der Waals surface area contributed by atoms with Gasteiger partial charge in [-0.3, -0.25) is 14.9 Å². The lowest BCUT2D eigenvalue weighted by Gasteiger charge is -2.29. The standard InChI is InChI=1S/C21H26N4O4/c1-15(21(26)23-19-11-10-18(29-2)14-20(19)25(27)28)22-16-6-8-17(9-7-16)24-12-4-3-5-13-24/h6-11,14-15,22H,3-5,12-13H2,1-2H3,(H,23,26)/t15-/m0/s1. The number of nitrogens with one attached hydrogen (secondary N) is 2. The molecule has 1 atom stereocenters. The van der Waals surface area contributed by atoms with Crippen LogP contribution in [-0.4, -0.2) is 37.1 Å². The number of amides is 1. The molecule has 1 aliphatic rings. The summed E-state index contributed by atoms with van der Waals surface area (Å²) in [4.78, 5) is 25.6. The summed E-state index contributed by atoms with van der Waals surface area (Å²) in [7, 11) is 1.43. The monoisotopic (exact) mass is 398 g/mol. The minimum atomic E-state index is -0.572. The highest BCUT2D eigenvalue weighted by Crippen LogP contribution is 2.29. The molecule has 3 rings (SSSR count). The van der Waals surface area contributed by atoms with Gasteiger partial charge in [0.05, 0.1) is 18.1 Å². The van der Waals surface area contributed by atoms with Crippen LogP contribution < -0.4 is 20.3 Å².